The molecule has 4 nitrogen and oxygen atoms in total. The Morgan fingerprint density at radius 2 is 1.15 bits per heavy atom. The highest BCUT2D eigenvalue weighted by atomic mass is 16.5. The Balaban J connectivity index is 1.64. The molecule has 2 aromatic rings. The first-order chi connectivity index (χ1) is 13.0. The fourth-order valence-electron chi connectivity index (χ4n) is 3.45. The first kappa shape index (κ1) is 19.7. The van der Waals surface area contributed by atoms with Crippen LogP contribution in [-0.4, -0.2) is 64.3 Å². The van der Waals surface area contributed by atoms with Crippen LogP contribution in [0.5, 0.6) is 11.5 Å². The average Bonchev–Trinajstić information content (AvgIpc) is 2.99. The van der Waals surface area contributed by atoms with Gasteiger partial charge in [-0.15, -0.1) is 0 Å². The Hall–Kier alpha value is -2.04. The summed E-state index contributed by atoms with van der Waals surface area (Å²) in [6, 6.07) is 13.0. The van der Waals surface area contributed by atoms with Gasteiger partial charge in [0, 0.05) is 13.1 Å². The van der Waals surface area contributed by atoms with Crippen molar-refractivity contribution in [3.8, 4) is 22.6 Å². The number of fused-ring (bicyclic) bond motifs is 3. The van der Waals surface area contributed by atoms with Gasteiger partial charge in [0.15, 0.2) is 0 Å². The zero-order valence-electron chi connectivity index (χ0n) is 17.1. The Morgan fingerprint density at radius 1 is 0.704 bits per heavy atom. The minimum Gasteiger partial charge on any atom is -0.494 e. The summed E-state index contributed by atoms with van der Waals surface area (Å²) >= 11 is 0. The van der Waals surface area contributed by atoms with E-state index in [2.05, 4.69) is 74.4 Å². The van der Waals surface area contributed by atoms with Crippen LogP contribution in [0, 0.1) is 0 Å². The lowest BCUT2D eigenvalue weighted by Gasteiger charge is -2.12. The SMILES string of the molecule is CN(C)CCCOc1ccc2c(c1)-c1cc(OCCCN(C)C)ccc1C2. The van der Waals surface area contributed by atoms with Crippen LogP contribution >= 0.6 is 0 Å². The van der Waals surface area contributed by atoms with Crippen molar-refractivity contribution in [3.05, 3.63) is 47.5 Å². The highest BCUT2D eigenvalue weighted by Crippen LogP contribution is 2.40. The van der Waals surface area contributed by atoms with E-state index in [0.717, 1.165) is 57.1 Å². The summed E-state index contributed by atoms with van der Waals surface area (Å²) in [5, 5.41) is 0. The van der Waals surface area contributed by atoms with Gasteiger partial charge in [-0.25, -0.2) is 0 Å². The van der Waals surface area contributed by atoms with Crippen molar-refractivity contribution < 1.29 is 9.47 Å². The van der Waals surface area contributed by atoms with Crippen molar-refractivity contribution in [1.29, 1.82) is 0 Å². The Labute approximate surface area is 163 Å². The Kier molecular flexibility index (Phi) is 6.75. The summed E-state index contributed by atoms with van der Waals surface area (Å²) < 4.78 is 11.9. The van der Waals surface area contributed by atoms with Crippen LogP contribution in [0.2, 0.25) is 0 Å². The number of nitrogens with zero attached hydrogens (tertiary/aromatic N) is 2. The van der Waals surface area contributed by atoms with Crippen molar-refractivity contribution in [2.45, 2.75) is 19.3 Å². The Bertz CT molecular complexity index is 693. The molecule has 0 aromatic heterocycles. The highest BCUT2D eigenvalue weighted by Gasteiger charge is 2.19. The molecule has 0 radical (unpaired) electrons. The summed E-state index contributed by atoms with van der Waals surface area (Å²) in [7, 11) is 8.36. The molecule has 27 heavy (non-hydrogen) atoms. The fourth-order valence-corrected chi connectivity index (χ4v) is 3.45. The minimum absolute atomic E-state index is 0.749. The van der Waals surface area contributed by atoms with Crippen LogP contribution < -0.4 is 9.47 Å². The molecule has 0 heterocycles. The quantitative estimate of drug-likeness (QED) is 0.507. The molecular formula is C23H32N2O2. The van der Waals surface area contributed by atoms with E-state index in [1.807, 2.05) is 0 Å². The van der Waals surface area contributed by atoms with Crippen LogP contribution in [0.4, 0.5) is 0 Å². The number of hydrogen-bond donors (Lipinski definition) is 0. The zero-order valence-corrected chi connectivity index (χ0v) is 17.1. The maximum Gasteiger partial charge on any atom is 0.119 e. The topological polar surface area (TPSA) is 24.9 Å². The van der Waals surface area contributed by atoms with E-state index in [1.54, 1.807) is 0 Å². The molecule has 0 aliphatic heterocycles. The van der Waals surface area contributed by atoms with Crippen LogP contribution in [0.25, 0.3) is 11.1 Å². The van der Waals surface area contributed by atoms with Gasteiger partial charge in [0.2, 0.25) is 0 Å². The average molecular weight is 369 g/mol. The summed E-state index contributed by atoms with van der Waals surface area (Å²) in [5.41, 5.74) is 5.31. The predicted molar refractivity (Wildman–Crippen MR) is 112 cm³/mol. The normalized spacial score (nSPS) is 12.4. The summed E-state index contributed by atoms with van der Waals surface area (Å²) in [6.07, 6.45) is 3.06. The van der Waals surface area contributed by atoms with Gasteiger partial charge in [0.1, 0.15) is 11.5 Å². The van der Waals surface area contributed by atoms with E-state index in [-0.39, 0.29) is 0 Å². The molecule has 0 N–H and O–H groups in total. The molecule has 0 atom stereocenters. The van der Waals surface area contributed by atoms with Gasteiger partial charge < -0.3 is 19.3 Å². The number of benzene rings is 2. The third-order valence-electron chi connectivity index (χ3n) is 4.87. The van der Waals surface area contributed by atoms with Crippen molar-refractivity contribution in [2.24, 2.45) is 0 Å². The van der Waals surface area contributed by atoms with E-state index in [9.17, 15) is 0 Å². The smallest absolute Gasteiger partial charge is 0.119 e. The highest BCUT2D eigenvalue weighted by molar-refractivity contribution is 5.78. The molecule has 3 rings (SSSR count). The van der Waals surface area contributed by atoms with Crippen molar-refractivity contribution in [3.63, 3.8) is 0 Å². The predicted octanol–water partition coefficient (Wildman–Crippen LogP) is 3.92. The third-order valence-corrected chi connectivity index (χ3v) is 4.87. The molecule has 0 fully saturated rings. The van der Waals surface area contributed by atoms with Crippen molar-refractivity contribution in [2.75, 3.05) is 54.5 Å². The molecule has 146 valence electrons. The Morgan fingerprint density at radius 3 is 1.56 bits per heavy atom. The van der Waals surface area contributed by atoms with Gasteiger partial charge in [-0.3, -0.25) is 0 Å². The maximum absolute atomic E-state index is 5.97. The summed E-state index contributed by atoms with van der Waals surface area (Å²) in [6.45, 7) is 3.59. The molecule has 4 heteroatoms. The standard InChI is InChI=1S/C23H32N2O2/c1-24(2)11-5-13-26-20-9-7-18-15-19-8-10-21(17-23(19)22(18)16-20)27-14-6-12-25(3)4/h7-10,16-17H,5-6,11-15H2,1-4H3. The molecule has 0 spiro atoms. The molecular weight excluding hydrogens is 336 g/mol. The molecule has 0 bridgehead atoms. The van der Waals surface area contributed by atoms with E-state index in [1.165, 1.54) is 22.3 Å². The molecule has 0 unspecified atom stereocenters. The van der Waals surface area contributed by atoms with Crippen molar-refractivity contribution >= 4 is 0 Å². The van der Waals surface area contributed by atoms with Gasteiger partial charge in [0.25, 0.3) is 0 Å². The monoisotopic (exact) mass is 368 g/mol. The number of hydrogen-bond acceptors (Lipinski definition) is 4. The first-order valence-corrected chi connectivity index (χ1v) is 9.84. The van der Waals surface area contributed by atoms with E-state index in [0.29, 0.717) is 0 Å². The maximum atomic E-state index is 5.97. The molecule has 0 saturated heterocycles. The van der Waals surface area contributed by atoms with Crippen LogP contribution in [0.1, 0.15) is 24.0 Å². The summed E-state index contributed by atoms with van der Waals surface area (Å²) in [4.78, 5) is 4.37. The van der Waals surface area contributed by atoms with Gasteiger partial charge >= 0.3 is 0 Å². The molecule has 1 aliphatic rings. The van der Waals surface area contributed by atoms with Crippen LogP contribution in [0.3, 0.4) is 0 Å². The van der Waals surface area contributed by atoms with E-state index in [4.69, 9.17) is 9.47 Å². The van der Waals surface area contributed by atoms with Gasteiger partial charge in [-0.1, -0.05) is 12.1 Å². The number of rotatable bonds is 10. The first-order valence-electron chi connectivity index (χ1n) is 9.84. The second-order valence-corrected chi connectivity index (χ2v) is 7.83. The second kappa shape index (κ2) is 9.25. The lowest BCUT2D eigenvalue weighted by Crippen LogP contribution is -2.15. The van der Waals surface area contributed by atoms with Gasteiger partial charge in [-0.05, 0) is 94.0 Å². The minimum atomic E-state index is 0.749. The lowest BCUT2D eigenvalue weighted by atomic mass is 10.1. The van der Waals surface area contributed by atoms with Crippen LogP contribution in [0.15, 0.2) is 36.4 Å². The van der Waals surface area contributed by atoms with Crippen LogP contribution in [-0.2, 0) is 6.42 Å². The third kappa shape index (κ3) is 5.47. The lowest BCUT2D eigenvalue weighted by molar-refractivity contribution is 0.281. The van der Waals surface area contributed by atoms with Crippen molar-refractivity contribution in [1.82, 2.24) is 9.80 Å². The summed E-state index contributed by atoms with van der Waals surface area (Å²) in [5.74, 6) is 1.91. The number of ether oxygens (including phenoxy) is 2. The zero-order chi connectivity index (χ0) is 19.2. The second-order valence-electron chi connectivity index (χ2n) is 7.83. The van der Waals surface area contributed by atoms with Gasteiger partial charge in [0.05, 0.1) is 13.2 Å². The van der Waals surface area contributed by atoms with Gasteiger partial charge in [-0.2, -0.15) is 0 Å². The fraction of sp³-hybridized carbons (Fsp3) is 0.478. The molecule has 2 aromatic carbocycles. The molecule has 0 saturated carbocycles. The largest absolute Gasteiger partial charge is 0.494 e. The van der Waals surface area contributed by atoms with E-state index < -0.39 is 0 Å². The molecule has 1 aliphatic carbocycles. The van der Waals surface area contributed by atoms with E-state index >= 15 is 0 Å². The molecule has 0 amide bonds.